The number of halogens is 1. The van der Waals surface area contributed by atoms with Crippen LogP contribution in [0.4, 0.5) is 10.2 Å². The molecule has 2 aliphatic rings. The highest BCUT2D eigenvalue weighted by molar-refractivity contribution is 6.00. The Bertz CT molecular complexity index is 1180. The Labute approximate surface area is 184 Å². The molecule has 3 aromatic heterocycles. The molecule has 3 atom stereocenters. The molecule has 2 bridgehead atoms. The summed E-state index contributed by atoms with van der Waals surface area (Å²) in [6.07, 6.45) is 5.50. The van der Waals surface area contributed by atoms with Gasteiger partial charge in [-0.15, -0.1) is 0 Å². The van der Waals surface area contributed by atoms with Gasteiger partial charge in [0.1, 0.15) is 24.1 Å². The summed E-state index contributed by atoms with van der Waals surface area (Å²) in [6.45, 7) is 6.71. The first-order valence-electron chi connectivity index (χ1n) is 10.8. The number of rotatable bonds is 1. The molecule has 1 amide bonds. The van der Waals surface area contributed by atoms with Gasteiger partial charge in [-0.1, -0.05) is 6.92 Å². The summed E-state index contributed by atoms with van der Waals surface area (Å²) < 4.78 is 27.8. The minimum Gasteiger partial charge on any atom is -0.486 e. The van der Waals surface area contributed by atoms with Crippen LogP contribution in [0.3, 0.4) is 0 Å². The molecule has 32 heavy (non-hydrogen) atoms. The van der Waals surface area contributed by atoms with Crippen LogP contribution in [0.5, 0.6) is 11.6 Å². The smallest absolute Gasteiger partial charge is 0.256 e. The number of hydrogen-bond acceptors (Lipinski definition) is 7. The van der Waals surface area contributed by atoms with Crippen LogP contribution in [0.25, 0.3) is 5.65 Å². The molecule has 0 aliphatic carbocycles. The van der Waals surface area contributed by atoms with Crippen LogP contribution in [0.2, 0.25) is 0 Å². The highest BCUT2D eigenvalue weighted by atomic mass is 19.1. The SMILES string of the molecule is CC[C@@H]1C[C@H](C)NC(=O)c2cnn3cc4c(nc23)N(Cc2cc(F)cnc2O1)[C@H](C)CO4. The van der Waals surface area contributed by atoms with E-state index < -0.39 is 5.82 Å². The average molecular weight is 440 g/mol. The Morgan fingerprint density at radius 3 is 2.97 bits per heavy atom. The molecule has 0 saturated heterocycles. The quantitative estimate of drug-likeness (QED) is 0.622. The summed E-state index contributed by atoms with van der Waals surface area (Å²) in [5, 5.41) is 7.30. The minimum atomic E-state index is -0.426. The molecule has 0 aromatic carbocycles. The monoisotopic (exact) mass is 440 g/mol. The number of amides is 1. The molecule has 5 rings (SSSR count). The van der Waals surface area contributed by atoms with Crippen molar-refractivity contribution >= 4 is 17.4 Å². The van der Waals surface area contributed by atoms with Crippen LogP contribution in [0.15, 0.2) is 24.7 Å². The zero-order valence-corrected chi connectivity index (χ0v) is 18.2. The first kappa shape index (κ1) is 20.5. The molecule has 9 nitrogen and oxygen atoms in total. The second-order valence-corrected chi connectivity index (χ2v) is 8.42. The summed E-state index contributed by atoms with van der Waals surface area (Å²) in [4.78, 5) is 24.0. The number of carbonyl (C=O) groups excluding carboxylic acids is 1. The lowest BCUT2D eigenvalue weighted by Gasteiger charge is -2.36. The van der Waals surface area contributed by atoms with E-state index in [-0.39, 0.29) is 24.1 Å². The zero-order valence-electron chi connectivity index (χ0n) is 18.2. The predicted molar refractivity (Wildman–Crippen MR) is 115 cm³/mol. The van der Waals surface area contributed by atoms with Crippen LogP contribution in [-0.4, -0.2) is 50.3 Å². The Kier molecular flexibility index (Phi) is 5.07. The van der Waals surface area contributed by atoms with Gasteiger partial charge in [0.25, 0.3) is 5.91 Å². The highest BCUT2D eigenvalue weighted by Gasteiger charge is 2.30. The van der Waals surface area contributed by atoms with Crippen molar-refractivity contribution in [2.75, 3.05) is 11.5 Å². The lowest BCUT2D eigenvalue weighted by Crippen LogP contribution is -2.42. The van der Waals surface area contributed by atoms with E-state index in [4.69, 9.17) is 14.5 Å². The van der Waals surface area contributed by atoms with Gasteiger partial charge in [-0.2, -0.15) is 5.10 Å². The van der Waals surface area contributed by atoms with Crippen molar-refractivity contribution in [2.24, 2.45) is 0 Å². The van der Waals surface area contributed by atoms with Crippen LogP contribution < -0.4 is 19.7 Å². The number of pyridine rings is 1. The number of anilines is 1. The van der Waals surface area contributed by atoms with Crippen molar-refractivity contribution in [1.82, 2.24) is 24.9 Å². The molecule has 1 N–H and O–H groups in total. The van der Waals surface area contributed by atoms with Crippen molar-refractivity contribution < 1.29 is 18.7 Å². The fourth-order valence-electron chi connectivity index (χ4n) is 4.18. The van der Waals surface area contributed by atoms with Crippen molar-refractivity contribution in [2.45, 2.75) is 58.3 Å². The summed E-state index contributed by atoms with van der Waals surface area (Å²) >= 11 is 0. The second kappa shape index (κ2) is 7.92. The summed E-state index contributed by atoms with van der Waals surface area (Å²) in [5.41, 5.74) is 1.46. The van der Waals surface area contributed by atoms with Crippen molar-refractivity contribution in [3.8, 4) is 11.6 Å². The van der Waals surface area contributed by atoms with E-state index in [2.05, 4.69) is 15.4 Å². The number of nitrogens with zero attached hydrogens (tertiary/aromatic N) is 5. The molecular formula is C22H25FN6O3. The Hall–Kier alpha value is -3.43. The Morgan fingerprint density at radius 1 is 1.31 bits per heavy atom. The molecule has 10 heteroatoms. The number of fused-ring (bicyclic) bond motifs is 1. The molecule has 0 saturated carbocycles. The van der Waals surface area contributed by atoms with E-state index in [1.807, 2.05) is 25.7 Å². The van der Waals surface area contributed by atoms with Gasteiger partial charge in [0.15, 0.2) is 17.2 Å². The molecule has 0 fully saturated rings. The van der Waals surface area contributed by atoms with E-state index in [1.165, 1.54) is 12.3 Å². The standard InChI is InChI=1S/C22H25FN6O3/c1-4-16-5-12(2)26-21(30)17-8-25-29-10-18-20(27-19(17)29)28(13(3)11-31-18)9-14-6-15(23)7-24-22(14)32-16/h6-8,10,12-13,16H,4-5,9,11H2,1-3H3,(H,26,30)/t12-,13+,16+/m0/s1. The van der Waals surface area contributed by atoms with Crippen molar-refractivity contribution in [3.63, 3.8) is 0 Å². The third-order valence-corrected chi connectivity index (χ3v) is 5.93. The van der Waals surface area contributed by atoms with Gasteiger partial charge in [-0.25, -0.2) is 18.9 Å². The van der Waals surface area contributed by atoms with Gasteiger partial charge in [0.05, 0.1) is 31.2 Å². The maximum Gasteiger partial charge on any atom is 0.256 e. The zero-order chi connectivity index (χ0) is 22.4. The number of aromatic nitrogens is 4. The Balaban J connectivity index is 1.68. The second-order valence-electron chi connectivity index (χ2n) is 8.42. The predicted octanol–water partition coefficient (Wildman–Crippen LogP) is 2.73. The van der Waals surface area contributed by atoms with Crippen LogP contribution in [0.1, 0.15) is 49.5 Å². The molecule has 0 unspecified atom stereocenters. The first-order chi connectivity index (χ1) is 15.4. The molecule has 5 heterocycles. The number of hydrogen-bond donors (Lipinski definition) is 1. The van der Waals surface area contributed by atoms with E-state index in [9.17, 15) is 9.18 Å². The number of carbonyl (C=O) groups is 1. The van der Waals surface area contributed by atoms with Gasteiger partial charge in [0, 0.05) is 18.0 Å². The Morgan fingerprint density at radius 2 is 2.16 bits per heavy atom. The fourth-order valence-corrected chi connectivity index (χ4v) is 4.18. The molecule has 2 aliphatic heterocycles. The van der Waals surface area contributed by atoms with E-state index in [0.29, 0.717) is 53.8 Å². The van der Waals surface area contributed by atoms with Crippen LogP contribution in [0, 0.1) is 5.82 Å². The molecular weight excluding hydrogens is 415 g/mol. The number of ether oxygens (including phenoxy) is 2. The fraction of sp³-hybridized carbons (Fsp3) is 0.455. The van der Waals surface area contributed by atoms with Crippen LogP contribution in [-0.2, 0) is 6.54 Å². The topological polar surface area (TPSA) is 93.9 Å². The lowest BCUT2D eigenvalue weighted by molar-refractivity contribution is 0.0922. The van der Waals surface area contributed by atoms with Gasteiger partial charge in [-0.05, 0) is 26.3 Å². The largest absolute Gasteiger partial charge is 0.486 e. The highest BCUT2D eigenvalue weighted by Crippen LogP contribution is 2.35. The van der Waals surface area contributed by atoms with Gasteiger partial charge in [-0.3, -0.25) is 4.79 Å². The maximum absolute atomic E-state index is 14.2. The van der Waals surface area contributed by atoms with E-state index >= 15 is 0 Å². The normalized spacial score (nSPS) is 23.2. The van der Waals surface area contributed by atoms with Crippen molar-refractivity contribution in [1.29, 1.82) is 0 Å². The van der Waals surface area contributed by atoms with Crippen molar-refractivity contribution in [3.05, 3.63) is 41.6 Å². The van der Waals surface area contributed by atoms with E-state index in [0.717, 1.165) is 12.6 Å². The summed E-state index contributed by atoms with van der Waals surface area (Å²) in [6, 6.07) is 1.26. The third-order valence-electron chi connectivity index (χ3n) is 5.93. The van der Waals surface area contributed by atoms with Gasteiger partial charge < -0.3 is 19.7 Å². The van der Waals surface area contributed by atoms with Gasteiger partial charge >= 0.3 is 0 Å². The summed E-state index contributed by atoms with van der Waals surface area (Å²) in [7, 11) is 0. The minimum absolute atomic E-state index is 0.0383. The maximum atomic E-state index is 14.2. The molecule has 0 radical (unpaired) electrons. The molecule has 0 spiro atoms. The van der Waals surface area contributed by atoms with Gasteiger partial charge in [0.2, 0.25) is 5.88 Å². The molecule has 168 valence electrons. The summed E-state index contributed by atoms with van der Waals surface area (Å²) in [5.74, 6) is 0.830. The lowest BCUT2D eigenvalue weighted by atomic mass is 10.1. The average Bonchev–Trinajstić information content (AvgIpc) is 3.18. The van der Waals surface area contributed by atoms with Crippen LogP contribution >= 0.6 is 0 Å². The molecule has 3 aromatic rings. The third kappa shape index (κ3) is 3.59. The van der Waals surface area contributed by atoms with E-state index in [1.54, 1.807) is 10.7 Å². The first-order valence-corrected chi connectivity index (χ1v) is 10.8. The number of nitrogens with one attached hydrogen (secondary N) is 1.